The molecule has 0 saturated heterocycles. The molecule has 4 N–H and O–H groups in total. The third kappa shape index (κ3) is 4.07. The van der Waals surface area contributed by atoms with Crippen LogP contribution < -0.4 is 15.8 Å². The van der Waals surface area contributed by atoms with Gasteiger partial charge >= 0.3 is 0 Å². The summed E-state index contributed by atoms with van der Waals surface area (Å²) < 4.78 is 5.16. The molecule has 1 fully saturated rings. The van der Waals surface area contributed by atoms with E-state index in [4.69, 9.17) is 10.5 Å². The Morgan fingerprint density at radius 3 is 2.54 bits per heavy atom. The number of carbonyl (C=O) groups is 1. The number of nitrogens with two attached hydrogens (primary N) is 1. The summed E-state index contributed by atoms with van der Waals surface area (Å²) in [5, 5.41) is 10.0. The summed E-state index contributed by atoms with van der Waals surface area (Å²) in [6.07, 6.45) is 5.36. The van der Waals surface area contributed by atoms with Crippen LogP contribution in [-0.2, 0) is 0 Å². The van der Waals surface area contributed by atoms with Gasteiger partial charge in [-0.1, -0.05) is 0 Å². The molecule has 1 aliphatic carbocycles. The van der Waals surface area contributed by atoms with E-state index in [0.29, 0.717) is 5.56 Å². The summed E-state index contributed by atoms with van der Waals surface area (Å²) in [5.41, 5.74) is 8.09. The number of hydrogen-bond donors (Lipinski definition) is 3. The number of carbonyl (C=O) groups excluding carboxylic acids is 1. The number of halogens is 1. The van der Waals surface area contributed by atoms with Crippen molar-refractivity contribution in [3.05, 3.63) is 36.0 Å². The summed E-state index contributed by atoms with van der Waals surface area (Å²) in [5.74, 6) is 0.683. The van der Waals surface area contributed by atoms with Gasteiger partial charge in [0.05, 0.1) is 24.6 Å². The largest absolute Gasteiger partial charge is 0.497 e. The lowest BCUT2D eigenvalue weighted by molar-refractivity contribution is 0.0926. The molecule has 6 nitrogen and oxygen atoms in total. The normalized spacial score (nSPS) is 20.1. The molecule has 1 aliphatic rings. The second kappa shape index (κ2) is 8.17. The molecule has 1 amide bonds. The van der Waals surface area contributed by atoms with Crippen LogP contribution in [0.2, 0.25) is 0 Å². The van der Waals surface area contributed by atoms with Crippen molar-refractivity contribution in [3.63, 3.8) is 0 Å². The Labute approximate surface area is 147 Å². The van der Waals surface area contributed by atoms with Gasteiger partial charge in [-0.3, -0.25) is 9.89 Å². The molecular formula is C17H23ClN4O2. The van der Waals surface area contributed by atoms with Crippen molar-refractivity contribution in [1.82, 2.24) is 15.5 Å². The van der Waals surface area contributed by atoms with E-state index in [1.165, 1.54) is 0 Å². The van der Waals surface area contributed by atoms with E-state index in [1.807, 2.05) is 24.3 Å². The Hall–Kier alpha value is -2.05. The summed E-state index contributed by atoms with van der Waals surface area (Å²) in [4.78, 5) is 12.5. The van der Waals surface area contributed by atoms with Gasteiger partial charge in [-0.2, -0.15) is 5.10 Å². The molecule has 1 saturated carbocycles. The molecule has 130 valence electrons. The lowest BCUT2D eigenvalue weighted by atomic mass is 9.91. The SMILES string of the molecule is COc1ccc(-c2[nH]ncc2C(=O)NC2CCC(N)CC2)cc1.Cl. The molecule has 1 aromatic carbocycles. The molecule has 0 atom stereocenters. The minimum atomic E-state index is -0.0926. The molecular weight excluding hydrogens is 328 g/mol. The van der Waals surface area contributed by atoms with Gasteiger partial charge in [-0.05, 0) is 49.9 Å². The van der Waals surface area contributed by atoms with Gasteiger partial charge in [0.1, 0.15) is 5.75 Å². The number of H-pyrrole nitrogens is 1. The highest BCUT2D eigenvalue weighted by molar-refractivity contribution is 5.99. The van der Waals surface area contributed by atoms with Crippen LogP contribution in [-0.4, -0.2) is 35.3 Å². The number of nitrogens with one attached hydrogen (secondary N) is 2. The summed E-state index contributed by atoms with van der Waals surface area (Å²) >= 11 is 0. The Morgan fingerprint density at radius 2 is 1.92 bits per heavy atom. The van der Waals surface area contributed by atoms with Crippen molar-refractivity contribution in [1.29, 1.82) is 0 Å². The van der Waals surface area contributed by atoms with E-state index in [-0.39, 0.29) is 30.4 Å². The molecule has 1 heterocycles. The average Bonchev–Trinajstić information content (AvgIpc) is 3.07. The highest BCUT2D eigenvalue weighted by Crippen LogP contribution is 2.24. The minimum Gasteiger partial charge on any atom is -0.497 e. The standard InChI is InChI=1S/C17H22N4O2.ClH/c1-23-14-8-2-11(3-9-14)16-15(10-19-21-16)17(22)20-13-6-4-12(18)5-7-13;/h2-3,8-10,12-13H,4-7,18H2,1H3,(H,19,21)(H,20,22);1H. The van der Waals surface area contributed by atoms with Gasteiger partial charge in [-0.15, -0.1) is 12.4 Å². The highest BCUT2D eigenvalue weighted by atomic mass is 35.5. The monoisotopic (exact) mass is 350 g/mol. The van der Waals surface area contributed by atoms with Crippen LogP contribution >= 0.6 is 12.4 Å². The Bertz CT molecular complexity index is 663. The Kier molecular flexibility index (Phi) is 6.23. The van der Waals surface area contributed by atoms with Crippen LogP contribution in [0.4, 0.5) is 0 Å². The average molecular weight is 351 g/mol. The van der Waals surface area contributed by atoms with E-state index in [2.05, 4.69) is 15.5 Å². The van der Waals surface area contributed by atoms with Crippen LogP contribution in [0.3, 0.4) is 0 Å². The first-order valence-electron chi connectivity index (χ1n) is 7.91. The van der Waals surface area contributed by atoms with Gasteiger partial charge in [0.2, 0.25) is 0 Å². The molecule has 0 aliphatic heterocycles. The first-order valence-corrected chi connectivity index (χ1v) is 7.91. The molecule has 0 radical (unpaired) electrons. The third-order valence-electron chi connectivity index (χ3n) is 4.37. The van der Waals surface area contributed by atoms with Gasteiger partial charge in [0, 0.05) is 17.6 Å². The van der Waals surface area contributed by atoms with E-state index in [0.717, 1.165) is 42.7 Å². The Morgan fingerprint density at radius 1 is 1.25 bits per heavy atom. The van der Waals surface area contributed by atoms with E-state index in [9.17, 15) is 4.79 Å². The van der Waals surface area contributed by atoms with Crippen molar-refractivity contribution in [2.24, 2.45) is 5.73 Å². The maximum absolute atomic E-state index is 12.5. The number of aromatic nitrogens is 2. The van der Waals surface area contributed by atoms with Gasteiger partial charge in [0.25, 0.3) is 5.91 Å². The van der Waals surface area contributed by atoms with Crippen LogP contribution in [0.25, 0.3) is 11.3 Å². The molecule has 24 heavy (non-hydrogen) atoms. The first-order chi connectivity index (χ1) is 11.2. The van der Waals surface area contributed by atoms with Crippen LogP contribution in [0.1, 0.15) is 36.0 Å². The number of ether oxygens (including phenoxy) is 1. The number of hydrogen-bond acceptors (Lipinski definition) is 4. The Balaban J connectivity index is 0.00000208. The maximum atomic E-state index is 12.5. The summed E-state index contributed by atoms with van der Waals surface area (Å²) in [7, 11) is 1.63. The molecule has 3 rings (SSSR count). The first kappa shape index (κ1) is 18.3. The molecule has 0 bridgehead atoms. The van der Waals surface area contributed by atoms with Crippen molar-refractivity contribution in [2.45, 2.75) is 37.8 Å². The molecule has 0 unspecified atom stereocenters. The fourth-order valence-electron chi connectivity index (χ4n) is 2.96. The number of rotatable bonds is 4. The zero-order valence-corrected chi connectivity index (χ0v) is 14.4. The van der Waals surface area contributed by atoms with Gasteiger partial charge in [0.15, 0.2) is 0 Å². The predicted octanol–water partition coefficient (Wildman–Crippen LogP) is 2.51. The second-order valence-electron chi connectivity index (χ2n) is 5.97. The molecule has 1 aromatic heterocycles. The number of amides is 1. The highest BCUT2D eigenvalue weighted by Gasteiger charge is 2.22. The van der Waals surface area contributed by atoms with Crippen molar-refractivity contribution < 1.29 is 9.53 Å². The van der Waals surface area contributed by atoms with E-state index >= 15 is 0 Å². The van der Waals surface area contributed by atoms with Crippen LogP contribution in [0.5, 0.6) is 5.75 Å². The van der Waals surface area contributed by atoms with Crippen molar-refractivity contribution >= 4 is 18.3 Å². The summed E-state index contributed by atoms with van der Waals surface area (Å²) in [6, 6.07) is 8.00. The molecule has 0 spiro atoms. The van der Waals surface area contributed by atoms with Crippen LogP contribution in [0, 0.1) is 0 Å². The molecule has 7 heteroatoms. The van der Waals surface area contributed by atoms with Crippen molar-refractivity contribution in [2.75, 3.05) is 7.11 Å². The fourth-order valence-corrected chi connectivity index (χ4v) is 2.96. The van der Waals surface area contributed by atoms with E-state index in [1.54, 1.807) is 13.3 Å². The summed E-state index contributed by atoms with van der Waals surface area (Å²) in [6.45, 7) is 0. The predicted molar refractivity (Wildman–Crippen MR) is 95.5 cm³/mol. The number of methoxy groups -OCH3 is 1. The number of nitrogens with zero attached hydrogens (tertiary/aromatic N) is 1. The maximum Gasteiger partial charge on any atom is 0.255 e. The minimum absolute atomic E-state index is 0. The smallest absolute Gasteiger partial charge is 0.255 e. The third-order valence-corrected chi connectivity index (χ3v) is 4.37. The topological polar surface area (TPSA) is 93.0 Å². The lowest BCUT2D eigenvalue weighted by Crippen LogP contribution is -2.40. The van der Waals surface area contributed by atoms with Gasteiger partial charge < -0.3 is 15.8 Å². The zero-order chi connectivity index (χ0) is 16.2. The number of benzene rings is 1. The zero-order valence-electron chi connectivity index (χ0n) is 13.6. The van der Waals surface area contributed by atoms with Gasteiger partial charge in [-0.25, -0.2) is 0 Å². The van der Waals surface area contributed by atoms with E-state index < -0.39 is 0 Å². The lowest BCUT2D eigenvalue weighted by Gasteiger charge is -2.26. The van der Waals surface area contributed by atoms with Crippen molar-refractivity contribution in [3.8, 4) is 17.0 Å². The quantitative estimate of drug-likeness (QED) is 0.789. The second-order valence-corrected chi connectivity index (χ2v) is 5.97. The number of aromatic amines is 1. The fraction of sp³-hybridized carbons (Fsp3) is 0.412. The molecule has 2 aromatic rings. The van der Waals surface area contributed by atoms with Crippen LogP contribution in [0.15, 0.2) is 30.5 Å².